The fourth-order valence-electron chi connectivity index (χ4n) is 6.34. The average molecular weight is 618 g/mol. The maximum atomic E-state index is 11.3. The molecule has 4 atom stereocenters. The van der Waals surface area contributed by atoms with Gasteiger partial charge in [-0.3, -0.25) is 15.1 Å². The molecular formula is C32H32ClN5O4S. The average Bonchev–Trinajstić information content (AvgIpc) is 3.61. The van der Waals surface area contributed by atoms with Gasteiger partial charge in [-0.15, -0.1) is 0 Å². The summed E-state index contributed by atoms with van der Waals surface area (Å²) in [5.74, 6) is 2.69. The number of rotatable bonds is 7. The Kier molecular flexibility index (Phi) is 7.98. The lowest BCUT2D eigenvalue weighted by atomic mass is 9.91. The van der Waals surface area contributed by atoms with E-state index >= 15 is 0 Å². The normalized spacial score (nSPS) is 22.0. The van der Waals surface area contributed by atoms with E-state index in [4.69, 9.17) is 33.0 Å². The molecule has 0 unspecified atom stereocenters. The molecule has 6 rings (SSSR count). The highest BCUT2D eigenvalue weighted by Crippen LogP contribution is 2.45. The molecule has 4 aromatic rings. The summed E-state index contributed by atoms with van der Waals surface area (Å²) >= 11 is 12.8. The minimum absolute atomic E-state index is 0.0621. The third kappa shape index (κ3) is 5.64. The van der Waals surface area contributed by atoms with Gasteiger partial charge in [0.2, 0.25) is 0 Å². The third-order valence-corrected chi connectivity index (χ3v) is 8.71. The molecule has 2 aliphatic rings. The zero-order chi connectivity index (χ0) is 30.2. The molecule has 2 aromatic heterocycles. The van der Waals surface area contributed by atoms with Gasteiger partial charge in [-0.2, -0.15) is 0 Å². The lowest BCUT2D eigenvalue weighted by molar-refractivity contribution is -0.384. The molecule has 1 N–H and O–H groups in total. The predicted octanol–water partition coefficient (Wildman–Crippen LogP) is 7.57. The van der Waals surface area contributed by atoms with Crippen LogP contribution in [0.2, 0.25) is 5.02 Å². The first-order chi connectivity index (χ1) is 20.7. The standard InChI is InChI=1S/C32H32ClN5O4S/c1-19-14-20(2)18-36(17-19)26-10-8-21(15-24(26)33)37-31(30(35-32(37)43)25-6-4-5-13-34-25)28-12-11-27(42-28)23-9-7-22(38(39)40)16-29(23)41-3/h4-13,15-16,19-20,30-31H,14,17-18H2,1-3H3,(H,35,43)/t19-,20+,30-,31+/m0/s1. The van der Waals surface area contributed by atoms with Crippen molar-refractivity contribution in [2.75, 3.05) is 30.0 Å². The number of nitrogens with one attached hydrogen (secondary N) is 1. The number of benzene rings is 2. The molecule has 0 bridgehead atoms. The van der Waals surface area contributed by atoms with E-state index in [1.807, 2.05) is 41.3 Å². The van der Waals surface area contributed by atoms with Gasteiger partial charge in [0.15, 0.2) is 5.11 Å². The molecule has 43 heavy (non-hydrogen) atoms. The fraction of sp³-hybridized carbons (Fsp3) is 0.312. The van der Waals surface area contributed by atoms with Gasteiger partial charge in [0.1, 0.15) is 23.3 Å². The lowest BCUT2D eigenvalue weighted by Crippen LogP contribution is -2.38. The number of non-ortho nitro benzene ring substituents is 1. The summed E-state index contributed by atoms with van der Waals surface area (Å²) in [4.78, 5) is 19.9. The first kappa shape index (κ1) is 28.9. The summed E-state index contributed by atoms with van der Waals surface area (Å²) in [6.45, 7) is 6.51. The quantitative estimate of drug-likeness (QED) is 0.128. The van der Waals surface area contributed by atoms with Crippen molar-refractivity contribution in [3.05, 3.63) is 99.5 Å². The van der Waals surface area contributed by atoms with Crippen LogP contribution >= 0.6 is 23.8 Å². The monoisotopic (exact) mass is 617 g/mol. The molecule has 2 aliphatic heterocycles. The second kappa shape index (κ2) is 11.9. The number of hydrogen-bond acceptors (Lipinski definition) is 7. The molecular weight excluding hydrogens is 586 g/mol. The van der Waals surface area contributed by atoms with Gasteiger partial charge in [0, 0.05) is 31.0 Å². The Morgan fingerprint density at radius 1 is 1.09 bits per heavy atom. The molecule has 9 nitrogen and oxygen atoms in total. The molecule has 2 fully saturated rings. The lowest BCUT2D eigenvalue weighted by Gasteiger charge is -2.37. The zero-order valence-electron chi connectivity index (χ0n) is 24.1. The number of methoxy groups -OCH3 is 1. The van der Waals surface area contributed by atoms with Crippen LogP contribution in [0.3, 0.4) is 0 Å². The molecule has 222 valence electrons. The number of furan rings is 1. The first-order valence-corrected chi connectivity index (χ1v) is 15.0. The zero-order valence-corrected chi connectivity index (χ0v) is 25.6. The Labute approximate surface area is 260 Å². The Morgan fingerprint density at radius 2 is 1.88 bits per heavy atom. The Balaban J connectivity index is 1.39. The van der Waals surface area contributed by atoms with Crippen molar-refractivity contribution in [3.8, 4) is 17.1 Å². The molecule has 0 spiro atoms. The number of nitro benzene ring substituents is 1. The highest BCUT2D eigenvalue weighted by Gasteiger charge is 2.43. The summed E-state index contributed by atoms with van der Waals surface area (Å²) in [5, 5.41) is 16.0. The number of aromatic nitrogens is 1. The van der Waals surface area contributed by atoms with E-state index in [1.165, 1.54) is 25.7 Å². The van der Waals surface area contributed by atoms with E-state index in [0.29, 0.717) is 44.8 Å². The number of ether oxygens (including phenoxy) is 1. The minimum atomic E-state index is -0.455. The molecule has 2 aromatic carbocycles. The van der Waals surface area contributed by atoms with Crippen LogP contribution in [0.25, 0.3) is 11.3 Å². The highest BCUT2D eigenvalue weighted by molar-refractivity contribution is 7.80. The number of nitrogens with zero attached hydrogens (tertiary/aromatic N) is 4. The largest absolute Gasteiger partial charge is 0.496 e. The number of piperidine rings is 1. The number of thiocarbonyl (C=S) groups is 1. The van der Waals surface area contributed by atoms with E-state index in [0.717, 1.165) is 30.2 Å². The fourth-order valence-corrected chi connectivity index (χ4v) is 6.98. The molecule has 11 heteroatoms. The van der Waals surface area contributed by atoms with Crippen LogP contribution in [0.5, 0.6) is 5.75 Å². The second-order valence-electron chi connectivity index (χ2n) is 11.3. The van der Waals surface area contributed by atoms with Crippen molar-refractivity contribution in [2.24, 2.45) is 11.8 Å². The SMILES string of the molecule is COc1cc([N+](=O)[O-])ccc1-c1ccc([C@@H]2[C@H](c3ccccn3)NC(=S)N2c2ccc(N3C[C@H](C)C[C@H](C)C3)c(Cl)c2)o1. The molecule has 0 saturated carbocycles. The molecule has 0 amide bonds. The third-order valence-electron chi connectivity index (χ3n) is 8.10. The summed E-state index contributed by atoms with van der Waals surface area (Å²) in [6.07, 6.45) is 2.97. The van der Waals surface area contributed by atoms with Crippen LogP contribution < -0.4 is 19.9 Å². The Morgan fingerprint density at radius 3 is 2.56 bits per heavy atom. The summed E-state index contributed by atoms with van der Waals surface area (Å²) < 4.78 is 11.9. The molecule has 2 saturated heterocycles. The summed E-state index contributed by atoms with van der Waals surface area (Å²) in [6, 6.07) is 19.3. The van der Waals surface area contributed by atoms with Gasteiger partial charge in [0.25, 0.3) is 5.69 Å². The second-order valence-corrected chi connectivity index (χ2v) is 12.1. The predicted molar refractivity (Wildman–Crippen MR) is 172 cm³/mol. The number of nitro groups is 1. The maximum absolute atomic E-state index is 11.3. The maximum Gasteiger partial charge on any atom is 0.273 e. The summed E-state index contributed by atoms with van der Waals surface area (Å²) in [5.41, 5.74) is 3.20. The van der Waals surface area contributed by atoms with Crippen LogP contribution in [0, 0.1) is 22.0 Å². The minimum Gasteiger partial charge on any atom is -0.496 e. The first-order valence-electron chi connectivity index (χ1n) is 14.2. The van der Waals surface area contributed by atoms with E-state index in [1.54, 1.807) is 12.3 Å². The van der Waals surface area contributed by atoms with Crippen molar-refractivity contribution in [1.82, 2.24) is 10.3 Å². The van der Waals surface area contributed by atoms with Crippen molar-refractivity contribution in [1.29, 1.82) is 0 Å². The van der Waals surface area contributed by atoms with E-state index in [-0.39, 0.29) is 11.7 Å². The van der Waals surface area contributed by atoms with Crippen LogP contribution in [-0.2, 0) is 0 Å². The van der Waals surface area contributed by atoms with Gasteiger partial charge in [-0.05, 0) is 79.0 Å². The number of anilines is 2. The Bertz CT molecular complexity index is 1650. The molecule has 4 heterocycles. The number of pyridine rings is 1. The van der Waals surface area contributed by atoms with Crippen molar-refractivity contribution in [2.45, 2.75) is 32.4 Å². The van der Waals surface area contributed by atoms with Gasteiger partial charge in [-0.1, -0.05) is 31.5 Å². The van der Waals surface area contributed by atoms with E-state index in [9.17, 15) is 10.1 Å². The van der Waals surface area contributed by atoms with Gasteiger partial charge >= 0.3 is 0 Å². The van der Waals surface area contributed by atoms with Crippen molar-refractivity contribution >= 4 is 46.0 Å². The van der Waals surface area contributed by atoms with E-state index < -0.39 is 11.0 Å². The van der Waals surface area contributed by atoms with Gasteiger partial charge in [-0.25, -0.2) is 0 Å². The van der Waals surface area contributed by atoms with Crippen LogP contribution in [0.1, 0.15) is 43.8 Å². The van der Waals surface area contributed by atoms with Gasteiger partial charge in [0.05, 0.1) is 46.1 Å². The van der Waals surface area contributed by atoms with Crippen molar-refractivity contribution in [3.63, 3.8) is 0 Å². The molecule has 0 aliphatic carbocycles. The summed E-state index contributed by atoms with van der Waals surface area (Å²) in [7, 11) is 1.48. The van der Waals surface area contributed by atoms with Gasteiger partial charge < -0.3 is 24.3 Å². The number of halogens is 1. The van der Waals surface area contributed by atoms with Crippen LogP contribution in [0.15, 0.2) is 77.3 Å². The van der Waals surface area contributed by atoms with Crippen LogP contribution in [-0.4, -0.2) is 35.2 Å². The number of hydrogen-bond donors (Lipinski definition) is 1. The molecule has 0 radical (unpaired) electrons. The smallest absolute Gasteiger partial charge is 0.273 e. The van der Waals surface area contributed by atoms with Crippen molar-refractivity contribution < 1.29 is 14.1 Å². The highest BCUT2D eigenvalue weighted by atomic mass is 35.5. The van der Waals surface area contributed by atoms with Crippen LogP contribution in [0.4, 0.5) is 17.1 Å². The van der Waals surface area contributed by atoms with E-state index in [2.05, 4.69) is 41.2 Å². The topological polar surface area (TPSA) is 96.9 Å². The Hall–Kier alpha value is -4.15.